The van der Waals surface area contributed by atoms with Crippen LogP contribution in [-0.2, 0) is 6.54 Å². The van der Waals surface area contributed by atoms with E-state index in [0.717, 1.165) is 16.7 Å². The molecule has 0 spiro atoms. The van der Waals surface area contributed by atoms with Gasteiger partial charge in [-0.15, -0.1) is 0 Å². The zero-order valence-electron chi connectivity index (χ0n) is 14.1. The Bertz CT molecular complexity index is 673. The molecule has 0 aliphatic rings. The van der Waals surface area contributed by atoms with E-state index < -0.39 is 6.10 Å². The van der Waals surface area contributed by atoms with Gasteiger partial charge in [0.15, 0.2) is 0 Å². The van der Waals surface area contributed by atoms with Crippen LogP contribution < -0.4 is 15.4 Å². The molecule has 0 bridgehead atoms. The standard InChI is InChI=1S/C19H24N2O3/c1-14-6-5-9-18(10-14)24-13-17(22)12-21-19(23)20-11-16-8-4-3-7-15(16)2/h3-10,17,22H,11-13H2,1-2H3,(H2,20,21,23). The van der Waals surface area contributed by atoms with Crippen molar-refractivity contribution in [2.45, 2.75) is 26.5 Å². The van der Waals surface area contributed by atoms with Crippen molar-refractivity contribution < 1.29 is 14.6 Å². The number of aliphatic hydroxyl groups excluding tert-OH is 1. The molecule has 1 unspecified atom stereocenters. The first-order valence-corrected chi connectivity index (χ1v) is 7.98. The molecule has 2 amide bonds. The summed E-state index contributed by atoms with van der Waals surface area (Å²) in [5.41, 5.74) is 3.29. The first-order valence-electron chi connectivity index (χ1n) is 7.98. The molecule has 2 rings (SSSR count). The van der Waals surface area contributed by atoms with E-state index in [0.29, 0.717) is 12.3 Å². The molecule has 0 saturated heterocycles. The number of aliphatic hydroxyl groups is 1. The van der Waals surface area contributed by atoms with Gasteiger partial charge < -0.3 is 20.5 Å². The minimum absolute atomic E-state index is 0.127. The Morgan fingerprint density at radius 3 is 2.67 bits per heavy atom. The summed E-state index contributed by atoms with van der Waals surface area (Å²) in [7, 11) is 0. The molecule has 0 saturated carbocycles. The van der Waals surface area contributed by atoms with E-state index in [1.165, 1.54) is 0 Å². The van der Waals surface area contributed by atoms with Gasteiger partial charge in [0.05, 0.1) is 0 Å². The van der Waals surface area contributed by atoms with E-state index in [-0.39, 0.29) is 19.2 Å². The fourth-order valence-corrected chi connectivity index (χ4v) is 2.21. The first-order chi connectivity index (χ1) is 11.5. The second-order valence-electron chi connectivity index (χ2n) is 5.77. The number of amides is 2. The minimum atomic E-state index is -0.769. The lowest BCUT2D eigenvalue weighted by molar-refractivity contribution is 0.108. The number of hydrogen-bond donors (Lipinski definition) is 3. The van der Waals surface area contributed by atoms with E-state index in [2.05, 4.69) is 10.6 Å². The maximum atomic E-state index is 11.8. The molecule has 2 aromatic carbocycles. The lowest BCUT2D eigenvalue weighted by Gasteiger charge is -2.14. The van der Waals surface area contributed by atoms with E-state index >= 15 is 0 Å². The largest absolute Gasteiger partial charge is 0.491 e. The molecule has 24 heavy (non-hydrogen) atoms. The molecule has 0 aliphatic carbocycles. The highest BCUT2D eigenvalue weighted by atomic mass is 16.5. The highest BCUT2D eigenvalue weighted by Crippen LogP contribution is 2.12. The maximum Gasteiger partial charge on any atom is 0.315 e. The summed E-state index contributed by atoms with van der Waals surface area (Å²) >= 11 is 0. The van der Waals surface area contributed by atoms with Crippen LogP contribution in [-0.4, -0.2) is 30.4 Å². The number of ether oxygens (including phenoxy) is 1. The number of carbonyl (C=O) groups is 1. The van der Waals surface area contributed by atoms with Gasteiger partial charge in [-0.3, -0.25) is 0 Å². The van der Waals surface area contributed by atoms with Crippen molar-refractivity contribution in [3.8, 4) is 5.75 Å². The number of nitrogens with one attached hydrogen (secondary N) is 2. The predicted octanol–water partition coefficient (Wildman–Crippen LogP) is 2.54. The lowest BCUT2D eigenvalue weighted by atomic mass is 10.1. The monoisotopic (exact) mass is 328 g/mol. The normalized spacial score (nSPS) is 11.6. The van der Waals surface area contributed by atoms with E-state index in [9.17, 15) is 9.90 Å². The van der Waals surface area contributed by atoms with Gasteiger partial charge in [0, 0.05) is 13.1 Å². The average Bonchev–Trinajstić information content (AvgIpc) is 2.57. The Morgan fingerprint density at radius 2 is 1.92 bits per heavy atom. The van der Waals surface area contributed by atoms with Crippen molar-refractivity contribution in [2.24, 2.45) is 0 Å². The molecular formula is C19H24N2O3. The van der Waals surface area contributed by atoms with Crippen LogP contribution in [0.2, 0.25) is 0 Å². The average molecular weight is 328 g/mol. The van der Waals surface area contributed by atoms with Crippen LogP contribution >= 0.6 is 0 Å². The summed E-state index contributed by atoms with van der Waals surface area (Å²) in [5.74, 6) is 0.707. The fraction of sp³-hybridized carbons (Fsp3) is 0.316. The van der Waals surface area contributed by atoms with E-state index in [1.807, 2.05) is 62.4 Å². The van der Waals surface area contributed by atoms with E-state index in [4.69, 9.17) is 4.74 Å². The second kappa shape index (κ2) is 8.93. The smallest absolute Gasteiger partial charge is 0.315 e. The molecule has 128 valence electrons. The second-order valence-corrected chi connectivity index (χ2v) is 5.77. The van der Waals surface area contributed by atoms with Gasteiger partial charge in [-0.05, 0) is 42.7 Å². The molecule has 0 radical (unpaired) electrons. The Kier molecular flexibility index (Phi) is 6.63. The molecule has 5 nitrogen and oxygen atoms in total. The number of urea groups is 1. The summed E-state index contributed by atoms with van der Waals surface area (Å²) in [6.45, 7) is 4.69. The SMILES string of the molecule is Cc1cccc(OCC(O)CNC(=O)NCc2ccccc2C)c1. The Morgan fingerprint density at radius 1 is 1.12 bits per heavy atom. The summed E-state index contributed by atoms with van der Waals surface area (Å²) in [6.07, 6.45) is -0.769. The quantitative estimate of drug-likeness (QED) is 0.731. The molecular weight excluding hydrogens is 304 g/mol. The molecule has 0 heterocycles. The summed E-state index contributed by atoms with van der Waals surface area (Å²) < 4.78 is 5.50. The summed E-state index contributed by atoms with van der Waals surface area (Å²) in [5, 5.41) is 15.3. The molecule has 2 aromatic rings. The predicted molar refractivity (Wildman–Crippen MR) is 94.1 cm³/mol. The fourth-order valence-electron chi connectivity index (χ4n) is 2.21. The zero-order chi connectivity index (χ0) is 17.4. The summed E-state index contributed by atoms with van der Waals surface area (Å²) in [4.78, 5) is 11.8. The highest BCUT2D eigenvalue weighted by molar-refractivity contribution is 5.73. The summed E-state index contributed by atoms with van der Waals surface area (Å²) in [6, 6.07) is 15.2. The number of hydrogen-bond acceptors (Lipinski definition) is 3. The molecule has 0 aliphatic heterocycles. The zero-order valence-corrected chi connectivity index (χ0v) is 14.1. The number of rotatable bonds is 7. The van der Waals surface area contributed by atoms with Crippen molar-refractivity contribution in [3.05, 3.63) is 65.2 Å². The van der Waals surface area contributed by atoms with Crippen LogP contribution in [0.1, 0.15) is 16.7 Å². The van der Waals surface area contributed by atoms with Gasteiger partial charge >= 0.3 is 6.03 Å². The minimum Gasteiger partial charge on any atom is -0.491 e. The Hall–Kier alpha value is -2.53. The maximum absolute atomic E-state index is 11.8. The molecule has 0 aromatic heterocycles. The Balaban J connectivity index is 1.66. The van der Waals surface area contributed by atoms with Crippen molar-refractivity contribution in [3.63, 3.8) is 0 Å². The number of benzene rings is 2. The van der Waals surface area contributed by atoms with Gasteiger partial charge in [-0.25, -0.2) is 4.79 Å². The number of carbonyl (C=O) groups excluding carboxylic acids is 1. The van der Waals surface area contributed by atoms with Crippen molar-refractivity contribution in [2.75, 3.05) is 13.2 Å². The molecule has 3 N–H and O–H groups in total. The third kappa shape index (κ3) is 5.93. The first kappa shape index (κ1) is 17.8. The van der Waals surface area contributed by atoms with Gasteiger partial charge in [0.2, 0.25) is 0 Å². The van der Waals surface area contributed by atoms with Crippen LogP contribution in [0.3, 0.4) is 0 Å². The van der Waals surface area contributed by atoms with Gasteiger partial charge in [0.1, 0.15) is 18.5 Å². The lowest BCUT2D eigenvalue weighted by Crippen LogP contribution is -2.41. The third-order valence-corrected chi connectivity index (χ3v) is 3.63. The molecule has 5 heteroatoms. The van der Waals surface area contributed by atoms with E-state index in [1.54, 1.807) is 0 Å². The topological polar surface area (TPSA) is 70.6 Å². The van der Waals surface area contributed by atoms with Crippen LogP contribution in [0.25, 0.3) is 0 Å². The van der Waals surface area contributed by atoms with Crippen molar-refractivity contribution in [1.29, 1.82) is 0 Å². The van der Waals surface area contributed by atoms with Gasteiger partial charge in [0.25, 0.3) is 0 Å². The third-order valence-electron chi connectivity index (χ3n) is 3.63. The highest BCUT2D eigenvalue weighted by Gasteiger charge is 2.08. The van der Waals surface area contributed by atoms with Crippen LogP contribution in [0, 0.1) is 13.8 Å². The van der Waals surface area contributed by atoms with Crippen LogP contribution in [0.4, 0.5) is 4.79 Å². The number of aryl methyl sites for hydroxylation is 2. The van der Waals surface area contributed by atoms with Gasteiger partial charge in [-0.1, -0.05) is 36.4 Å². The molecule has 0 fully saturated rings. The van der Waals surface area contributed by atoms with Crippen LogP contribution in [0.5, 0.6) is 5.75 Å². The van der Waals surface area contributed by atoms with Crippen molar-refractivity contribution >= 4 is 6.03 Å². The van der Waals surface area contributed by atoms with Crippen LogP contribution in [0.15, 0.2) is 48.5 Å². The Labute approximate surface area is 142 Å². The van der Waals surface area contributed by atoms with Gasteiger partial charge in [-0.2, -0.15) is 0 Å². The van der Waals surface area contributed by atoms with Crippen molar-refractivity contribution in [1.82, 2.24) is 10.6 Å². The molecule has 1 atom stereocenters.